The number of nitrogens with two attached hydrogens (primary N) is 1. The summed E-state index contributed by atoms with van der Waals surface area (Å²) >= 11 is 5.75. The van der Waals surface area contributed by atoms with Crippen LogP contribution in [0.2, 0.25) is 5.02 Å². The maximum atomic E-state index is 12.2. The fraction of sp³-hybridized carbons (Fsp3) is 0.300. The van der Waals surface area contributed by atoms with E-state index in [-0.39, 0.29) is 5.84 Å². The van der Waals surface area contributed by atoms with Crippen molar-refractivity contribution in [1.82, 2.24) is 0 Å². The Bertz CT molecular complexity index is 396. The van der Waals surface area contributed by atoms with Gasteiger partial charge in [0.1, 0.15) is 5.84 Å². The van der Waals surface area contributed by atoms with Crippen molar-refractivity contribution < 1.29 is 8.78 Å². The minimum atomic E-state index is -2.44. The Morgan fingerprint density at radius 3 is 2.69 bits per heavy atom. The second-order valence-electron chi connectivity index (χ2n) is 3.35. The topological polar surface area (TPSA) is 53.1 Å². The highest BCUT2D eigenvalue weighted by atomic mass is 35.5. The Morgan fingerprint density at radius 1 is 1.56 bits per heavy atom. The number of nitrogens with one attached hydrogen (secondary N) is 1. The first-order chi connectivity index (χ1) is 7.41. The van der Waals surface area contributed by atoms with Crippen molar-refractivity contribution in [3.05, 3.63) is 28.8 Å². The quantitative estimate of drug-likeness (QED) is 0.634. The van der Waals surface area contributed by atoms with Crippen molar-refractivity contribution in [2.24, 2.45) is 5.73 Å². The minimum Gasteiger partial charge on any atom is -0.384 e. The van der Waals surface area contributed by atoms with Crippen LogP contribution in [0.25, 0.3) is 0 Å². The first-order valence-corrected chi connectivity index (χ1v) is 4.93. The maximum Gasteiger partial charge on any atom is 0.255 e. The maximum absolute atomic E-state index is 12.2. The monoisotopic (exact) mass is 247 g/mol. The first kappa shape index (κ1) is 12.7. The van der Waals surface area contributed by atoms with Crippen molar-refractivity contribution in [1.29, 1.82) is 5.41 Å². The third-order valence-electron chi connectivity index (χ3n) is 2.07. The molecule has 0 saturated heterocycles. The Balaban J connectivity index is 3.07. The summed E-state index contributed by atoms with van der Waals surface area (Å²) in [6.45, 7) is -0.415. The molecule has 16 heavy (non-hydrogen) atoms. The molecule has 0 radical (unpaired) electrons. The molecule has 0 aliphatic carbocycles. The van der Waals surface area contributed by atoms with Crippen LogP contribution in [0.4, 0.5) is 14.5 Å². The normalized spacial score (nSPS) is 10.6. The van der Waals surface area contributed by atoms with Gasteiger partial charge in [0.2, 0.25) is 0 Å². The highest BCUT2D eigenvalue weighted by molar-refractivity contribution is 6.31. The molecule has 0 saturated carbocycles. The lowest BCUT2D eigenvalue weighted by atomic mass is 10.1. The third kappa shape index (κ3) is 3.06. The number of rotatable bonds is 4. The van der Waals surface area contributed by atoms with Gasteiger partial charge in [0.05, 0.1) is 6.54 Å². The number of nitrogens with zero attached hydrogens (tertiary/aromatic N) is 1. The average molecular weight is 248 g/mol. The first-order valence-electron chi connectivity index (χ1n) is 4.55. The van der Waals surface area contributed by atoms with Gasteiger partial charge in [0.15, 0.2) is 0 Å². The van der Waals surface area contributed by atoms with Crippen LogP contribution in [0.1, 0.15) is 5.56 Å². The van der Waals surface area contributed by atoms with Gasteiger partial charge in [-0.15, -0.1) is 0 Å². The molecule has 0 aliphatic rings. The summed E-state index contributed by atoms with van der Waals surface area (Å²) in [5.74, 6) is -0.196. The molecule has 0 spiro atoms. The zero-order chi connectivity index (χ0) is 12.3. The highest BCUT2D eigenvalue weighted by Crippen LogP contribution is 2.23. The largest absolute Gasteiger partial charge is 0.384 e. The molecule has 88 valence electrons. The van der Waals surface area contributed by atoms with E-state index in [1.54, 1.807) is 12.1 Å². The Hall–Kier alpha value is -1.36. The molecule has 1 rings (SSSR count). The van der Waals surface area contributed by atoms with Crippen LogP contribution in [0, 0.1) is 5.41 Å². The number of hydrogen-bond donors (Lipinski definition) is 2. The standard InChI is InChI=1S/C10H12ClF2N3/c1-16(5-9(12)13)8-3-2-6(11)4-7(8)10(14)15/h2-4,9H,5H2,1H3,(H3,14,15). The second-order valence-corrected chi connectivity index (χ2v) is 3.78. The van der Waals surface area contributed by atoms with Gasteiger partial charge >= 0.3 is 0 Å². The van der Waals surface area contributed by atoms with E-state index in [1.807, 2.05) is 0 Å². The van der Waals surface area contributed by atoms with Gasteiger partial charge in [-0.1, -0.05) is 11.6 Å². The van der Waals surface area contributed by atoms with Crippen molar-refractivity contribution >= 4 is 23.1 Å². The SMILES string of the molecule is CN(CC(F)F)c1ccc(Cl)cc1C(=N)N. The molecule has 3 nitrogen and oxygen atoms in total. The molecule has 0 heterocycles. The van der Waals surface area contributed by atoms with Crippen LogP contribution in [0.3, 0.4) is 0 Å². The van der Waals surface area contributed by atoms with E-state index < -0.39 is 13.0 Å². The van der Waals surface area contributed by atoms with Crippen LogP contribution in [0.5, 0.6) is 0 Å². The average Bonchev–Trinajstić information content (AvgIpc) is 2.16. The Labute approximate surface area is 97.3 Å². The number of halogens is 3. The third-order valence-corrected chi connectivity index (χ3v) is 2.31. The van der Waals surface area contributed by atoms with Gasteiger partial charge in [0.25, 0.3) is 6.43 Å². The van der Waals surface area contributed by atoms with E-state index in [9.17, 15) is 8.78 Å². The van der Waals surface area contributed by atoms with Crippen LogP contribution < -0.4 is 10.6 Å². The van der Waals surface area contributed by atoms with Gasteiger partial charge in [0, 0.05) is 23.3 Å². The molecule has 1 aromatic rings. The smallest absolute Gasteiger partial charge is 0.255 e. The summed E-state index contributed by atoms with van der Waals surface area (Å²) < 4.78 is 24.5. The fourth-order valence-electron chi connectivity index (χ4n) is 1.36. The van der Waals surface area contributed by atoms with Crippen LogP contribution in [0.15, 0.2) is 18.2 Å². The molecule has 1 aromatic carbocycles. The summed E-state index contributed by atoms with van der Waals surface area (Å²) in [6.07, 6.45) is -2.44. The van der Waals surface area contributed by atoms with E-state index in [1.165, 1.54) is 18.0 Å². The highest BCUT2D eigenvalue weighted by Gasteiger charge is 2.13. The number of amidine groups is 1. The summed E-state index contributed by atoms with van der Waals surface area (Å²) in [7, 11) is 1.52. The summed E-state index contributed by atoms with van der Waals surface area (Å²) in [4.78, 5) is 1.34. The van der Waals surface area contributed by atoms with Gasteiger partial charge in [-0.05, 0) is 18.2 Å². The van der Waals surface area contributed by atoms with E-state index >= 15 is 0 Å². The number of alkyl halides is 2. The minimum absolute atomic E-state index is 0.196. The summed E-state index contributed by atoms with van der Waals surface area (Å²) in [5.41, 5.74) is 6.19. The number of hydrogen-bond acceptors (Lipinski definition) is 2. The number of nitrogen functional groups attached to an aromatic ring is 1. The molecule has 0 fully saturated rings. The zero-order valence-corrected chi connectivity index (χ0v) is 9.43. The van der Waals surface area contributed by atoms with E-state index in [0.717, 1.165) is 0 Å². The predicted octanol–water partition coefficient (Wildman–Crippen LogP) is 2.33. The predicted molar refractivity (Wildman–Crippen MR) is 61.7 cm³/mol. The van der Waals surface area contributed by atoms with E-state index in [4.69, 9.17) is 22.7 Å². The van der Waals surface area contributed by atoms with Gasteiger partial charge in [-0.3, -0.25) is 5.41 Å². The molecule has 3 N–H and O–H groups in total. The molecule has 0 bridgehead atoms. The fourth-order valence-corrected chi connectivity index (χ4v) is 1.53. The molecule has 6 heteroatoms. The molecular formula is C10H12ClF2N3. The van der Waals surface area contributed by atoms with Crippen molar-refractivity contribution in [2.75, 3.05) is 18.5 Å². The molecule has 0 amide bonds. The van der Waals surface area contributed by atoms with Crippen LogP contribution in [-0.2, 0) is 0 Å². The zero-order valence-electron chi connectivity index (χ0n) is 8.67. The van der Waals surface area contributed by atoms with Crippen LogP contribution >= 0.6 is 11.6 Å². The van der Waals surface area contributed by atoms with Gasteiger partial charge in [-0.2, -0.15) is 0 Å². The number of anilines is 1. The molecule has 0 aliphatic heterocycles. The second kappa shape index (κ2) is 5.12. The lowest BCUT2D eigenvalue weighted by Crippen LogP contribution is -2.27. The lowest BCUT2D eigenvalue weighted by molar-refractivity contribution is 0.156. The van der Waals surface area contributed by atoms with Gasteiger partial charge < -0.3 is 10.6 Å². The number of benzene rings is 1. The molecule has 0 unspecified atom stereocenters. The summed E-state index contributed by atoms with van der Waals surface area (Å²) in [6, 6.07) is 4.63. The molecule has 0 atom stereocenters. The summed E-state index contributed by atoms with van der Waals surface area (Å²) in [5, 5.41) is 7.77. The molecule has 0 aromatic heterocycles. The Kier molecular flexibility index (Phi) is 4.06. The van der Waals surface area contributed by atoms with Crippen molar-refractivity contribution in [3.8, 4) is 0 Å². The lowest BCUT2D eigenvalue weighted by Gasteiger charge is -2.21. The van der Waals surface area contributed by atoms with Crippen LogP contribution in [-0.4, -0.2) is 25.9 Å². The van der Waals surface area contributed by atoms with Crippen molar-refractivity contribution in [3.63, 3.8) is 0 Å². The van der Waals surface area contributed by atoms with Crippen molar-refractivity contribution in [2.45, 2.75) is 6.43 Å². The van der Waals surface area contributed by atoms with Gasteiger partial charge in [-0.25, -0.2) is 8.78 Å². The van der Waals surface area contributed by atoms with E-state index in [0.29, 0.717) is 16.3 Å². The Morgan fingerprint density at radius 2 is 2.19 bits per heavy atom. The molecular weight excluding hydrogens is 236 g/mol. The van der Waals surface area contributed by atoms with E-state index in [2.05, 4.69) is 0 Å².